The summed E-state index contributed by atoms with van der Waals surface area (Å²) in [7, 11) is -3.73. The van der Waals surface area contributed by atoms with Crippen LogP contribution >= 0.6 is 0 Å². The molecule has 1 aromatic heterocycles. The average Bonchev–Trinajstić information content (AvgIpc) is 3.63. The zero-order chi connectivity index (χ0) is 23.3. The van der Waals surface area contributed by atoms with E-state index in [0.29, 0.717) is 29.2 Å². The van der Waals surface area contributed by atoms with Gasteiger partial charge in [-0.05, 0) is 74.3 Å². The van der Waals surface area contributed by atoms with Gasteiger partial charge in [-0.25, -0.2) is 18.5 Å². The zero-order valence-corrected chi connectivity index (χ0v) is 19.9. The Morgan fingerprint density at radius 1 is 1.16 bits per heavy atom. The highest BCUT2D eigenvalue weighted by Crippen LogP contribution is 2.49. The molecular formula is C24H33N3O4S. The summed E-state index contributed by atoms with van der Waals surface area (Å²) in [5, 5.41) is 12.8. The molecular weight excluding hydrogens is 426 g/mol. The summed E-state index contributed by atoms with van der Waals surface area (Å²) in [6, 6.07) is 6.81. The number of urea groups is 1. The van der Waals surface area contributed by atoms with E-state index in [-0.39, 0.29) is 5.09 Å². The number of carbonyl (C=O) groups is 1. The normalized spacial score (nSPS) is 20.3. The van der Waals surface area contributed by atoms with Gasteiger partial charge in [0.1, 0.15) is 0 Å². The summed E-state index contributed by atoms with van der Waals surface area (Å²) in [6.07, 6.45) is 6.02. The topological polar surface area (TPSA) is 115 Å². The predicted octanol–water partition coefficient (Wildman–Crippen LogP) is 5.68. The summed E-state index contributed by atoms with van der Waals surface area (Å²) in [4.78, 5) is 12.9. The number of nitrogens with one attached hydrogen (secondary N) is 3. The molecule has 2 aliphatic carbocycles. The fourth-order valence-corrected chi connectivity index (χ4v) is 5.19. The highest BCUT2D eigenvalue weighted by Gasteiger charge is 2.35. The maximum Gasteiger partial charge on any atom is 0.332 e. The van der Waals surface area contributed by atoms with Crippen molar-refractivity contribution in [2.24, 2.45) is 11.8 Å². The monoisotopic (exact) mass is 459 g/mol. The number of benzene rings is 1. The van der Waals surface area contributed by atoms with E-state index in [4.69, 9.17) is 9.20 Å². The first kappa shape index (κ1) is 22.9. The predicted molar refractivity (Wildman–Crippen MR) is 124 cm³/mol. The standard InChI is InChI=1S/C24H33N3O4S/c1-14(16-8-9-16)19-6-5-7-20(15(2)17-10-11-17)22(19)26-23(28)27-32(25,30)21-12-18(13-31-21)24(3,4)29/h5-7,12-17,29H,8-11H2,1-4H3,(H3,25,26,27,28,30)/t14-,15-,32?/m1/s1. The van der Waals surface area contributed by atoms with Gasteiger partial charge in [0.25, 0.3) is 0 Å². The number of rotatable bonds is 8. The molecule has 1 unspecified atom stereocenters. The first-order chi connectivity index (χ1) is 15.0. The van der Waals surface area contributed by atoms with Gasteiger partial charge >= 0.3 is 6.03 Å². The van der Waals surface area contributed by atoms with E-state index in [2.05, 4.69) is 42.1 Å². The van der Waals surface area contributed by atoms with E-state index in [1.807, 2.05) is 0 Å². The van der Waals surface area contributed by atoms with Crippen LogP contribution in [0.25, 0.3) is 0 Å². The number of para-hydroxylation sites is 1. The Balaban J connectivity index is 1.58. The number of hydrogen-bond acceptors (Lipinski definition) is 5. The van der Waals surface area contributed by atoms with Crippen LogP contribution in [-0.4, -0.2) is 15.3 Å². The number of hydrogen-bond donors (Lipinski definition) is 4. The number of aliphatic hydroxyl groups is 1. The Bertz CT molecular complexity index is 1070. The van der Waals surface area contributed by atoms with E-state index >= 15 is 0 Å². The van der Waals surface area contributed by atoms with E-state index in [0.717, 1.165) is 16.8 Å². The quantitative estimate of drug-likeness (QED) is 0.407. The second-order valence-electron chi connectivity index (χ2n) is 9.89. The summed E-state index contributed by atoms with van der Waals surface area (Å²) in [6.45, 7) is 7.51. The third kappa shape index (κ3) is 4.86. The Labute approximate surface area is 190 Å². The Morgan fingerprint density at radius 2 is 1.69 bits per heavy atom. The summed E-state index contributed by atoms with van der Waals surface area (Å²) in [5.41, 5.74) is 2.14. The van der Waals surface area contributed by atoms with Crippen LogP contribution in [0.15, 0.2) is 40.0 Å². The molecule has 0 bridgehead atoms. The van der Waals surface area contributed by atoms with Crippen molar-refractivity contribution >= 4 is 21.6 Å². The summed E-state index contributed by atoms with van der Waals surface area (Å²) < 4.78 is 28.6. The molecule has 2 fully saturated rings. The molecule has 0 radical (unpaired) electrons. The van der Waals surface area contributed by atoms with Gasteiger partial charge in [0.2, 0.25) is 5.09 Å². The highest BCUT2D eigenvalue weighted by atomic mass is 32.2. The lowest BCUT2D eigenvalue weighted by atomic mass is 9.87. The third-order valence-corrected chi connectivity index (χ3v) is 8.06. The molecule has 4 rings (SSSR count). The van der Waals surface area contributed by atoms with Crippen LogP contribution < -0.4 is 10.0 Å². The molecule has 174 valence electrons. The Kier molecular flexibility index (Phi) is 5.88. The molecule has 2 saturated carbocycles. The summed E-state index contributed by atoms with van der Waals surface area (Å²) in [5.74, 6) is 1.87. The Hall–Kier alpha value is -2.32. The fraction of sp³-hybridized carbons (Fsp3) is 0.542. The molecule has 8 heteroatoms. The van der Waals surface area contributed by atoms with Gasteiger partial charge in [0, 0.05) is 17.3 Å². The number of amides is 2. The van der Waals surface area contributed by atoms with Crippen molar-refractivity contribution in [1.29, 1.82) is 4.78 Å². The molecule has 0 spiro atoms. The van der Waals surface area contributed by atoms with E-state index in [9.17, 15) is 14.1 Å². The SMILES string of the molecule is C[C@@H](c1cccc([C@H](C)C2CC2)c1NC(=O)NS(=N)(=O)c1cc(C(C)(C)O)co1)C1CC1. The van der Waals surface area contributed by atoms with Crippen molar-refractivity contribution in [2.75, 3.05) is 5.32 Å². The molecule has 2 aromatic rings. The summed E-state index contributed by atoms with van der Waals surface area (Å²) >= 11 is 0. The van der Waals surface area contributed by atoms with Gasteiger partial charge in [0.05, 0.1) is 11.9 Å². The van der Waals surface area contributed by atoms with Gasteiger partial charge in [-0.3, -0.25) is 0 Å². The van der Waals surface area contributed by atoms with Gasteiger partial charge in [-0.2, -0.15) is 0 Å². The lowest BCUT2D eigenvalue weighted by molar-refractivity contribution is 0.0779. The van der Waals surface area contributed by atoms with Crippen molar-refractivity contribution in [2.45, 2.75) is 75.9 Å². The Morgan fingerprint density at radius 3 is 2.12 bits per heavy atom. The maximum absolute atomic E-state index is 12.9. The average molecular weight is 460 g/mol. The number of anilines is 1. The molecule has 0 saturated heterocycles. The lowest BCUT2D eigenvalue weighted by Crippen LogP contribution is -2.34. The molecule has 4 N–H and O–H groups in total. The van der Waals surface area contributed by atoms with Crippen molar-refractivity contribution in [3.05, 3.63) is 47.2 Å². The molecule has 1 aromatic carbocycles. The third-order valence-electron chi connectivity index (χ3n) is 6.81. The van der Waals surface area contributed by atoms with Gasteiger partial charge in [0.15, 0.2) is 9.92 Å². The van der Waals surface area contributed by atoms with Crippen LogP contribution in [0.4, 0.5) is 10.5 Å². The fourth-order valence-electron chi connectivity index (χ4n) is 4.30. The van der Waals surface area contributed by atoms with Crippen molar-refractivity contribution in [3.8, 4) is 0 Å². The molecule has 1 heterocycles. The second kappa shape index (κ2) is 8.23. The minimum atomic E-state index is -3.73. The molecule has 32 heavy (non-hydrogen) atoms. The van der Waals surface area contributed by atoms with E-state index in [1.165, 1.54) is 38.0 Å². The maximum atomic E-state index is 12.9. The van der Waals surface area contributed by atoms with Crippen LogP contribution in [0.2, 0.25) is 0 Å². The minimum Gasteiger partial charge on any atom is -0.452 e. The smallest absolute Gasteiger partial charge is 0.332 e. The van der Waals surface area contributed by atoms with Gasteiger partial charge in [-0.1, -0.05) is 32.0 Å². The van der Waals surface area contributed by atoms with Crippen LogP contribution in [-0.2, 0) is 15.5 Å². The number of furan rings is 1. The largest absolute Gasteiger partial charge is 0.452 e. The van der Waals surface area contributed by atoms with E-state index in [1.54, 1.807) is 13.8 Å². The first-order valence-corrected chi connectivity index (χ1v) is 12.8. The van der Waals surface area contributed by atoms with Crippen molar-refractivity contribution in [3.63, 3.8) is 0 Å². The van der Waals surface area contributed by atoms with Crippen LogP contribution in [0, 0.1) is 16.6 Å². The number of carbonyl (C=O) groups excluding carboxylic acids is 1. The van der Waals surface area contributed by atoms with Gasteiger partial charge in [-0.15, -0.1) is 0 Å². The van der Waals surface area contributed by atoms with E-state index < -0.39 is 21.5 Å². The van der Waals surface area contributed by atoms with Crippen LogP contribution in [0.1, 0.15) is 81.9 Å². The van der Waals surface area contributed by atoms with Gasteiger partial charge < -0.3 is 14.8 Å². The molecule has 2 amide bonds. The second-order valence-corrected chi connectivity index (χ2v) is 11.6. The molecule has 3 atom stereocenters. The lowest BCUT2D eigenvalue weighted by Gasteiger charge is -2.23. The van der Waals surface area contributed by atoms with Crippen LogP contribution in [0.3, 0.4) is 0 Å². The highest BCUT2D eigenvalue weighted by molar-refractivity contribution is 7.91. The minimum absolute atomic E-state index is 0.198. The molecule has 0 aliphatic heterocycles. The molecule has 2 aliphatic rings. The molecule has 7 nitrogen and oxygen atoms in total. The first-order valence-electron chi connectivity index (χ1n) is 11.3. The van der Waals surface area contributed by atoms with Crippen LogP contribution in [0.5, 0.6) is 0 Å². The van der Waals surface area contributed by atoms with Crippen molar-refractivity contribution in [1.82, 2.24) is 4.72 Å². The zero-order valence-electron chi connectivity index (χ0n) is 19.1. The van der Waals surface area contributed by atoms with Crippen molar-refractivity contribution < 1.29 is 18.5 Å².